The monoisotopic (exact) mass is 209 g/mol. The molecule has 84 valence electrons. The van der Waals surface area contributed by atoms with Crippen LogP contribution in [0.3, 0.4) is 0 Å². The number of hydrogen-bond acceptors (Lipinski definition) is 2. The number of hydrogen-bond donors (Lipinski definition) is 0. The van der Waals surface area contributed by atoms with Crippen LogP contribution < -0.4 is 0 Å². The number of amides is 1. The Labute approximate surface area is 90.8 Å². The summed E-state index contributed by atoms with van der Waals surface area (Å²) in [5.41, 5.74) is 0. The topological polar surface area (TPSA) is 37.4 Å². The minimum absolute atomic E-state index is 0.234. The van der Waals surface area contributed by atoms with Gasteiger partial charge in [-0.15, -0.1) is 0 Å². The highest BCUT2D eigenvalue weighted by Crippen LogP contribution is 2.32. The van der Waals surface area contributed by atoms with Crippen LogP contribution in [0, 0.1) is 11.8 Å². The number of carbonyl (C=O) groups excluding carboxylic acids is 2. The summed E-state index contributed by atoms with van der Waals surface area (Å²) in [6.07, 6.45) is 4.54. The first-order valence-electron chi connectivity index (χ1n) is 5.99. The Morgan fingerprint density at radius 1 is 1.27 bits per heavy atom. The average Bonchev–Trinajstić information content (AvgIpc) is 2.65. The van der Waals surface area contributed by atoms with Crippen LogP contribution >= 0.6 is 0 Å². The van der Waals surface area contributed by atoms with Gasteiger partial charge in [-0.25, -0.2) is 0 Å². The first-order chi connectivity index (χ1) is 7.18. The summed E-state index contributed by atoms with van der Waals surface area (Å²) < 4.78 is 0. The van der Waals surface area contributed by atoms with Gasteiger partial charge in [0.05, 0.1) is 0 Å². The van der Waals surface area contributed by atoms with Gasteiger partial charge in [0, 0.05) is 31.8 Å². The Hall–Kier alpha value is -0.860. The van der Waals surface area contributed by atoms with E-state index in [0.717, 1.165) is 6.42 Å². The molecule has 1 aliphatic carbocycles. The zero-order valence-electron chi connectivity index (χ0n) is 9.37. The molecule has 3 nitrogen and oxygen atoms in total. The van der Waals surface area contributed by atoms with Gasteiger partial charge in [-0.05, 0) is 18.8 Å². The van der Waals surface area contributed by atoms with Crippen molar-refractivity contribution < 1.29 is 9.59 Å². The molecule has 2 rings (SSSR count). The third-order valence-electron chi connectivity index (χ3n) is 3.81. The molecule has 0 aromatic rings. The van der Waals surface area contributed by atoms with E-state index in [0.29, 0.717) is 43.5 Å². The maximum Gasteiger partial charge on any atom is 0.225 e. The Kier molecular flexibility index (Phi) is 3.08. The fourth-order valence-electron chi connectivity index (χ4n) is 2.72. The molecule has 2 unspecified atom stereocenters. The third-order valence-corrected chi connectivity index (χ3v) is 3.81. The molecule has 1 heterocycles. The van der Waals surface area contributed by atoms with Gasteiger partial charge in [0.25, 0.3) is 0 Å². The minimum Gasteiger partial charge on any atom is -0.342 e. The lowest BCUT2D eigenvalue weighted by Crippen LogP contribution is -2.42. The molecule has 0 spiro atoms. The largest absolute Gasteiger partial charge is 0.342 e. The number of rotatable bonds is 1. The molecule has 0 bridgehead atoms. The molecule has 0 aromatic carbocycles. The van der Waals surface area contributed by atoms with Gasteiger partial charge in [-0.1, -0.05) is 13.3 Å². The fraction of sp³-hybridized carbons (Fsp3) is 0.833. The second kappa shape index (κ2) is 4.33. The van der Waals surface area contributed by atoms with E-state index in [-0.39, 0.29) is 5.92 Å². The second-order valence-electron chi connectivity index (χ2n) is 4.88. The first kappa shape index (κ1) is 10.7. The summed E-state index contributed by atoms with van der Waals surface area (Å²) >= 11 is 0. The molecule has 1 saturated heterocycles. The van der Waals surface area contributed by atoms with Crippen molar-refractivity contribution in [3.63, 3.8) is 0 Å². The Balaban J connectivity index is 1.93. The van der Waals surface area contributed by atoms with Crippen molar-refractivity contribution in [3.8, 4) is 0 Å². The third kappa shape index (κ3) is 2.21. The maximum absolute atomic E-state index is 12.1. The highest BCUT2D eigenvalue weighted by atomic mass is 16.2. The van der Waals surface area contributed by atoms with Crippen molar-refractivity contribution in [2.45, 2.75) is 39.0 Å². The second-order valence-corrected chi connectivity index (χ2v) is 4.88. The summed E-state index contributed by atoms with van der Waals surface area (Å²) in [5.74, 6) is 1.37. The summed E-state index contributed by atoms with van der Waals surface area (Å²) in [7, 11) is 0. The van der Waals surface area contributed by atoms with Crippen LogP contribution in [0.15, 0.2) is 0 Å². The zero-order chi connectivity index (χ0) is 10.8. The lowest BCUT2D eigenvalue weighted by molar-refractivity contribution is -0.139. The predicted molar refractivity (Wildman–Crippen MR) is 57.3 cm³/mol. The first-order valence-corrected chi connectivity index (χ1v) is 5.99. The van der Waals surface area contributed by atoms with Crippen molar-refractivity contribution in [1.29, 1.82) is 0 Å². The summed E-state index contributed by atoms with van der Waals surface area (Å²) in [4.78, 5) is 25.1. The molecule has 3 heteroatoms. The molecule has 0 N–H and O–H groups in total. The van der Waals surface area contributed by atoms with Crippen LogP contribution in [0.2, 0.25) is 0 Å². The molecule has 0 radical (unpaired) electrons. The van der Waals surface area contributed by atoms with Crippen molar-refractivity contribution in [2.75, 3.05) is 13.1 Å². The van der Waals surface area contributed by atoms with E-state index in [1.54, 1.807) is 0 Å². The smallest absolute Gasteiger partial charge is 0.225 e. The van der Waals surface area contributed by atoms with E-state index < -0.39 is 0 Å². The summed E-state index contributed by atoms with van der Waals surface area (Å²) in [5, 5.41) is 0. The molecule has 1 aliphatic heterocycles. The number of carbonyl (C=O) groups is 2. The van der Waals surface area contributed by atoms with Crippen LogP contribution in [0.4, 0.5) is 0 Å². The Morgan fingerprint density at radius 3 is 2.47 bits per heavy atom. The number of nitrogens with zero attached hydrogens (tertiary/aromatic N) is 1. The molecular formula is C12H19NO2. The predicted octanol–water partition coefficient (Wildman–Crippen LogP) is 1.61. The van der Waals surface area contributed by atoms with E-state index in [1.807, 2.05) is 4.90 Å². The Morgan fingerprint density at radius 2 is 1.93 bits per heavy atom. The van der Waals surface area contributed by atoms with E-state index in [2.05, 4.69) is 6.92 Å². The highest BCUT2D eigenvalue weighted by molar-refractivity contribution is 5.84. The summed E-state index contributed by atoms with van der Waals surface area (Å²) in [6.45, 7) is 3.48. The van der Waals surface area contributed by atoms with E-state index >= 15 is 0 Å². The number of likely N-dealkylation sites (tertiary alicyclic amines) is 1. The van der Waals surface area contributed by atoms with Crippen LogP contribution in [-0.4, -0.2) is 29.7 Å². The molecule has 2 atom stereocenters. The highest BCUT2D eigenvalue weighted by Gasteiger charge is 2.33. The number of Topliss-reactive ketones (excluding diaryl/α,β-unsaturated/α-hetero) is 1. The van der Waals surface area contributed by atoms with Gasteiger partial charge >= 0.3 is 0 Å². The zero-order valence-corrected chi connectivity index (χ0v) is 9.37. The lowest BCUT2D eigenvalue weighted by Gasteiger charge is -2.29. The number of ketones is 1. The lowest BCUT2D eigenvalue weighted by atomic mass is 9.95. The van der Waals surface area contributed by atoms with E-state index in [9.17, 15) is 9.59 Å². The number of piperidine rings is 1. The summed E-state index contributed by atoms with van der Waals surface area (Å²) in [6, 6.07) is 0. The van der Waals surface area contributed by atoms with E-state index in [4.69, 9.17) is 0 Å². The molecule has 1 saturated carbocycles. The minimum atomic E-state index is 0.234. The van der Waals surface area contributed by atoms with E-state index in [1.165, 1.54) is 12.8 Å². The quantitative estimate of drug-likeness (QED) is 0.658. The molecule has 1 amide bonds. The van der Waals surface area contributed by atoms with Crippen molar-refractivity contribution in [1.82, 2.24) is 4.90 Å². The van der Waals surface area contributed by atoms with Crippen LogP contribution in [0.25, 0.3) is 0 Å². The average molecular weight is 209 g/mol. The molecular weight excluding hydrogens is 190 g/mol. The van der Waals surface area contributed by atoms with Crippen LogP contribution in [0.1, 0.15) is 39.0 Å². The van der Waals surface area contributed by atoms with Gasteiger partial charge in [-0.2, -0.15) is 0 Å². The maximum atomic E-state index is 12.1. The van der Waals surface area contributed by atoms with Crippen molar-refractivity contribution in [3.05, 3.63) is 0 Å². The SMILES string of the molecule is CC1CCCC1C(=O)N1CCC(=O)CC1. The van der Waals surface area contributed by atoms with Crippen LogP contribution in [0.5, 0.6) is 0 Å². The van der Waals surface area contributed by atoms with Crippen LogP contribution in [-0.2, 0) is 9.59 Å². The molecule has 15 heavy (non-hydrogen) atoms. The van der Waals surface area contributed by atoms with Gasteiger partial charge < -0.3 is 4.90 Å². The van der Waals surface area contributed by atoms with Crippen molar-refractivity contribution >= 4 is 11.7 Å². The van der Waals surface area contributed by atoms with Crippen molar-refractivity contribution in [2.24, 2.45) is 11.8 Å². The van der Waals surface area contributed by atoms with Gasteiger partial charge in [-0.3, -0.25) is 9.59 Å². The van der Waals surface area contributed by atoms with Gasteiger partial charge in [0.15, 0.2) is 0 Å². The Bertz CT molecular complexity index is 265. The van der Waals surface area contributed by atoms with Gasteiger partial charge in [0.1, 0.15) is 5.78 Å². The normalized spacial score (nSPS) is 32.1. The molecule has 2 fully saturated rings. The fourth-order valence-corrected chi connectivity index (χ4v) is 2.72. The molecule has 0 aromatic heterocycles. The van der Waals surface area contributed by atoms with Gasteiger partial charge in [0.2, 0.25) is 5.91 Å². The standard InChI is InChI=1S/C12H19NO2/c1-9-3-2-4-11(9)12(15)13-7-5-10(14)6-8-13/h9,11H,2-8H2,1H3. The molecule has 2 aliphatic rings.